The number of rotatable bonds is 6. The van der Waals surface area contributed by atoms with Gasteiger partial charge in [-0.2, -0.15) is 0 Å². The molecule has 1 rings (SSSR count). The summed E-state index contributed by atoms with van der Waals surface area (Å²) in [4.78, 5) is 11.2. The topological polar surface area (TPSA) is 89.3 Å². The van der Waals surface area contributed by atoms with E-state index in [-0.39, 0.29) is 30.7 Å². The summed E-state index contributed by atoms with van der Waals surface area (Å²) in [5, 5.41) is 2.19. The van der Waals surface area contributed by atoms with Gasteiger partial charge in [0.15, 0.2) is 9.84 Å². The maximum Gasteiger partial charge on any atom is 0.221 e. The van der Waals surface area contributed by atoms with Gasteiger partial charge in [-0.3, -0.25) is 4.79 Å². The van der Waals surface area contributed by atoms with Crippen molar-refractivity contribution in [3.63, 3.8) is 0 Å². The molecule has 0 aromatic rings. The summed E-state index contributed by atoms with van der Waals surface area (Å²) >= 11 is 0. The molecule has 6 heteroatoms. The molecule has 1 aliphatic rings. The Kier molecular flexibility index (Phi) is 4.10. The number of amides is 1. The smallest absolute Gasteiger partial charge is 0.221 e. The van der Waals surface area contributed by atoms with E-state index in [9.17, 15) is 13.2 Å². The summed E-state index contributed by atoms with van der Waals surface area (Å²) in [6, 6.07) is 0.284. The molecule has 1 atom stereocenters. The highest BCUT2D eigenvalue weighted by Gasteiger charge is 2.25. The zero-order valence-electron chi connectivity index (χ0n) is 8.90. The van der Waals surface area contributed by atoms with E-state index in [0.29, 0.717) is 0 Å². The fraction of sp³-hybridized carbons (Fsp3) is 0.889. The summed E-state index contributed by atoms with van der Waals surface area (Å²) < 4.78 is 23.0. The lowest BCUT2D eigenvalue weighted by Gasteiger charge is -2.10. The highest BCUT2D eigenvalue weighted by molar-refractivity contribution is 7.92. The average Bonchev–Trinajstić information content (AvgIpc) is 2.97. The first-order valence-electron chi connectivity index (χ1n) is 5.16. The predicted octanol–water partition coefficient (Wildman–Crippen LogP) is -0.583. The van der Waals surface area contributed by atoms with Gasteiger partial charge < -0.3 is 11.1 Å². The second kappa shape index (κ2) is 4.94. The maximum atomic E-state index is 11.5. The first-order valence-corrected chi connectivity index (χ1v) is 6.88. The lowest BCUT2D eigenvalue weighted by atomic mass is 10.4. The highest BCUT2D eigenvalue weighted by Crippen LogP contribution is 2.18. The molecule has 0 aliphatic heterocycles. The Morgan fingerprint density at radius 2 is 2.13 bits per heavy atom. The molecule has 88 valence electrons. The van der Waals surface area contributed by atoms with Crippen LogP contribution in [-0.4, -0.2) is 37.9 Å². The Hall–Kier alpha value is -0.620. The molecule has 15 heavy (non-hydrogen) atoms. The van der Waals surface area contributed by atoms with Gasteiger partial charge in [0.1, 0.15) is 0 Å². The lowest BCUT2D eigenvalue weighted by molar-refractivity contribution is -0.120. The van der Waals surface area contributed by atoms with Crippen LogP contribution in [0.3, 0.4) is 0 Å². The van der Waals surface area contributed by atoms with Crippen LogP contribution in [0, 0.1) is 0 Å². The largest absolute Gasteiger partial charge is 0.353 e. The molecule has 1 fully saturated rings. The van der Waals surface area contributed by atoms with E-state index in [1.807, 2.05) is 0 Å². The Labute approximate surface area is 90.3 Å². The third kappa shape index (κ3) is 4.17. The Morgan fingerprint density at radius 3 is 2.60 bits per heavy atom. The summed E-state index contributed by atoms with van der Waals surface area (Å²) in [7, 11) is -3.21. The number of sulfone groups is 1. The molecule has 1 saturated carbocycles. The first kappa shape index (κ1) is 12.4. The van der Waals surface area contributed by atoms with E-state index in [4.69, 9.17) is 5.73 Å². The molecule has 0 bridgehead atoms. The van der Waals surface area contributed by atoms with Crippen LogP contribution in [0.2, 0.25) is 0 Å². The first-order chi connectivity index (χ1) is 6.95. The van der Waals surface area contributed by atoms with Crippen LogP contribution < -0.4 is 11.1 Å². The van der Waals surface area contributed by atoms with Gasteiger partial charge >= 0.3 is 0 Å². The number of hydrogen-bond donors (Lipinski definition) is 2. The van der Waals surface area contributed by atoms with E-state index < -0.39 is 15.1 Å². The molecule has 0 saturated heterocycles. The van der Waals surface area contributed by atoms with Crippen molar-refractivity contribution >= 4 is 15.7 Å². The monoisotopic (exact) mass is 234 g/mol. The molecular weight excluding hydrogens is 216 g/mol. The molecule has 0 aromatic heterocycles. The third-order valence-corrected chi connectivity index (χ3v) is 4.69. The van der Waals surface area contributed by atoms with Gasteiger partial charge in [-0.1, -0.05) is 0 Å². The minimum atomic E-state index is -3.21. The number of nitrogens with one attached hydrogen (secondary N) is 1. The summed E-state index contributed by atoms with van der Waals surface area (Å²) in [5.74, 6) is -0.283. The van der Waals surface area contributed by atoms with Crippen LogP contribution in [0.4, 0.5) is 0 Å². The third-order valence-electron chi connectivity index (χ3n) is 2.50. The minimum absolute atomic E-state index is 0.0448. The van der Waals surface area contributed by atoms with Crippen LogP contribution in [0.5, 0.6) is 0 Å². The number of carbonyl (C=O) groups is 1. The maximum absolute atomic E-state index is 11.5. The van der Waals surface area contributed by atoms with Crippen LogP contribution in [-0.2, 0) is 14.6 Å². The van der Waals surface area contributed by atoms with Gasteiger partial charge in [0, 0.05) is 19.0 Å². The van der Waals surface area contributed by atoms with E-state index in [2.05, 4.69) is 5.32 Å². The summed E-state index contributed by atoms with van der Waals surface area (Å²) in [6.45, 7) is 1.67. The zero-order chi connectivity index (χ0) is 11.5. The normalized spacial score (nSPS) is 18.5. The molecule has 1 aliphatic carbocycles. The van der Waals surface area contributed by atoms with E-state index in [1.165, 1.54) is 0 Å². The number of nitrogens with two attached hydrogens (primary N) is 1. The lowest BCUT2D eigenvalue weighted by Crippen LogP contribution is -2.32. The van der Waals surface area contributed by atoms with Gasteiger partial charge in [-0.15, -0.1) is 0 Å². The van der Waals surface area contributed by atoms with Crippen molar-refractivity contribution in [2.24, 2.45) is 5.73 Å². The van der Waals surface area contributed by atoms with Crippen LogP contribution in [0.1, 0.15) is 26.2 Å². The average molecular weight is 234 g/mol. The van der Waals surface area contributed by atoms with Gasteiger partial charge in [0.2, 0.25) is 5.91 Å². The van der Waals surface area contributed by atoms with Gasteiger partial charge in [0.05, 0.1) is 11.0 Å². The van der Waals surface area contributed by atoms with Crippen molar-refractivity contribution in [3.8, 4) is 0 Å². The summed E-state index contributed by atoms with van der Waals surface area (Å²) in [6.07, 6.45) is 2.07. The number of hydrogen-bond acceptors (Lipinski definition) is 4. The second-order valence-electron chi connectivity index (χ2n) is 4.01. The van der Waals surface area contributed by atoms with Crippen LogP contribution >= 0.6 is 0 Å². The summed E-state index contributed by atoms with van der Waals surface area (Å²) in [5.41, 5.74) is 5.28. The van der Waals surface area contributed by atoms with Crippen molar-refractivity contribution in [2.75, 3.05) is 12.3 Å². The van der Waals surface area contributed by atoms with Crippen molar-refractivity contribution in [2.45, 2.75) is 37.5 Å². The van der Waals surface area contributed by atoms with Crippen molar-refractivity contribution in [1.29, 1.82) is 0 Å². The van der Waals surface area contributed by atoms with Crippen molar-refractivity contribution < 1.29 is 13.2 Å². The molecule has 0 radical (unpaired) electrons. The Balaban J connectivity index is 2.31. The van der Waals surface area contributed by atoms with Crippen molar-refractivity contribution in [3.05, 3.63) is 0 Å². The van der Waals surface area contributed by atoms with E-state index in [0.717, 1.165) is 12.8 Å². The van der Waals surface area contributed by atoms with Gasteiger partial charge in [-0.25, -0.2) is 8.42 Å². The fourth-order valence-electron chi connectivity index (χ4n) is 1.11. The molecule has 1 amide bonds. The fourth-order valence-corrected chi connectivity index (χ4v) is 2.28. The molecule has 5 nitrogen and oxygen atoms in total. The van der Waals surface area contributed by atoms with E-state index in [1.54, 1.807) is 6.92 Å². The number of carbonyl (C=O) groups excluding carboxylic acids is 1. The molecule has 3 N–H and O–H groups in total. The van der Waals surface area contributed by atoms with Crippen molar-refractivity contribution in [1.82, 2.24) is 5.32 Å². The van der Waals surface area contributed by atoms with Crippen LogP contribution in [0.15, 0.2) is 0 Å². The molecule has 1 unspecified atom stereocenters. The molecule has 0 aromatic carbocycles. The highest BCUT2D eigenvalue weighted by atomic mass is 32.2. The predicted molar refractivity (Wildman–Crippen MR) is 58.1 cm³/mol. The van der Waals surface area contributed by atoms with E-state index >= 15 is 0 Å². The molecule has 0 spiro atoms. The molecular formula is C9H18N2O3S. The zero-order valence-corrected chi connectivity index (χ0v) is 9.72. The van der Waals surface area contributed by atoms with Gasteiger partial charge in [0.25, 0.3) is 0 Å². The second-order valence-corrected chi connectivity index (χ2v) is 6.54. The Morgan fingerprint density at radius 1 is 1.53 bits per heavy atom. The van der Waals surface area contributed by atoms with Crippen LogP contribution in [0.25, 0.3) is 0 Å². The van der Waals surface area contributed by atoms with Gasteiger partial charge in [-0.05, 0) is 19.8 Å². The minimum Gasteiger partial charge on any atom is -0.353 e. The SMILES string of the molecule is CC(CN)S(=O)(=O)CCC(=O)NC1CC1. The molecule has 0 heterocycles. The standard InChI is InChI=1S/C9H18N2O3S/c1-7(6-10)15(13,14)5-4-9(12)11-8-2-3-8/h7-8H,2-6,10H2,1H3,(H,11,12). The quantitative estimate of drug-likeness (QED) is 0.643. The Bertz CT molecular complexity index is 322.